The molecule has 0 aromatic heterocycles. The molecule has 0 spiro atoms. The Morgan fingerprint density at radius 2 is 0.797 bits per heavy atom. The zero-order valence-corrected chi connectivity index (χ0v) is 53.7. The van der Waals surface area contributed by atoms with Gasteiger partial charge in [0.2, 0.25) is 0 Å². The van der Waals surface area contributed by atoms with E-state index >= 15 is 0 Å². The van der Waals surface area contributed by atoms with Crippen LogP contribution in [0.25, 0.3) is 0 Å². The Balaban J connectivity index is 0.000000582. The molecule has 3 aliphatic rings. The summed E-state index contributed by atoms with van der Waals surface area (Å²) in [6.45, 7) is 51.1. The molecule has 17 nitrogen and oxygen atoms in total. The molecule has 0 saturated carbocycles. The van der Waals surface area contributed by atoms with E-state index in [1.807, 2.05) is 0 Å². The molecule has 1 saturated heterocycles. The minimum atomic E-state index is -2.01. The highest BCUT2D eigenvalue weighted by Gasteiger charge is 2.45. The molecule has 0 aliphatic carbocycles. The highest BCUT2D eigenvalue weighted by molar-refractivity contribution is 6.75. The van der Waals surface area contributed by atoms with Crippen molar-refractivity contribution in [2.45, 2.75) is 220 Å². The van der Waals surface area contributed by atoms with Crippen LogP contribution in [0.3, 0.4) is 0 Å². The number of nitrogens with zero attached hydrogens (tertiary/aromatic N) is 3. The van der Waals surface area contributed by atoms with Gasteiger partial charge in [0, 0.05) is 81.7 Å². The van der Waals surface area contributed by atoms with Gasteiger partial charge in [-0.25, -0.2) is 4.79 Å². The van der Waals surface area contributed by atoms with E-state index in [0.717, 1.165) is 34.8 Å². The van der Waals surface area contributed by atoms with Gasteiger partial charge in [-0.05, 0) is 85.4 Å². The molecule has 74 heavy (non-hydrogen) atoms. The molecule has 0 aromatic rings. The maximum atomic E-state index is 13.1. The SMILES string of the molecule is CCC(CO[Si](C)(C)C(C)(C)C)(CO[Si](C)(C)C(C)(C)C)CC(=O)CCN1C(=O)C=CC1=O.CCC(N)(CO[Si](C)(C)C(C)(C)C)CO[Si](C)(C)C(C)(C)C.O=C(CCN1C(=O)C=CC1=O)ON1C(=O)CCC1=O. The van der Waals surface area contributed by atoms with Crippen molar-refractivity contribution in [1.29, 1.82) is 0 Å². The van der Waals surface area contributed by atoms with E-state index in [9.17, 15) is 38.4 Å². The van der Waals surface area contributed by atoms with Crippen LogP contribution in [-0.4, -0.2) is 140 Å². The van der Waals surface area contributed by atoms with Gasteiger partial charge in [-0.3, -0.25) is 43.4 Å². The molecule has 0 bridgehead atoms. The highest BCUT2D eigenvalue weighted by atomic mass is 28.4. The average Bonchev–Trinajstić information content (AvgIpc) is 3.89. The summed E-state index contributed by atoms with van der Waals surface area (Å²) in [4.78, 5) is 99.5. The largest absolute Gasteiger partial charge is 0.416 e. The topological polar surface area (TPSA) is 218 Å². The van der Waals surface area contributed by atoms with Gasteiger partial charge < -0.3 is 28.3 Å². The smallest absolute Gasteiger partial charge is 0.335 e. The number of nitrogens with two attached hydrogens (primary N) is 1. The molecule has 424 valence electrons. The van der Waals surface area contributed by atoms with Crippen LogP contribution < -0.4 is 5.73 Å². The third kappa shape index (κ3) is 20.3. The van der Waals surface area contributed by atoms with Crippen molar-refractivity contribution in [1.82, 2.24) is 14.9 Å². The lowest BCUT2D eigenvalue weighted by Crippen LogP contribution is -2.55. The van der Waals surface area contributed by atoms with E-state index < -0.39 is 68.3 Å². The summed E-state index contributed by atoms with van der Waals surface area (Å²) < 4.78 is 25.9. The van der Waals surface area contributed by atoms with Gasteiger partial charge in [-0.15, -0.1) is 5.06 Å². The van der Waals surface area contributed by atoms with E-state index in [0.29, 0.717) is 37.9 Å². The maximum absolute atomic E-state index is 13.1. The van der Waals surface area contributed by atoms with E-state index in [1.165, 1.54) is 12.2 Å². The quantitative estimate of drug-likeness (QED) is 0.0744. The van der Waals surface area contributed by atoms with Crippen LogP contribution in [0.5, 0.6) is 0 Å². The molecular weight excluding hydrogens is 1010 g/mol. The zero-order chi connectivity index (χ0) is 57.9. The fourth-order valence-corrected chi connectivity index (χ4v) is 10.3. The molecule has 3 rings (SSSR count). The predicted molar refractivity (Wildman–Crippen MR) is 300 cm³/mol. The molecule has 0 unspecified atom stereocenters. The Kier molecular flexibility index (Phi) is 24.5. The van der Waals surface area contributed by atoms with Crippen LogP contribution in [0.15, 0.2) is 24.3 Å². The van der Waals surface area contributed by atoms with Gasteiger partial charge >= 0.3 is 5.97 Å². The summed E-state index contributed by atoms with van der Waals surface area (Å²) in [5.74, 6) is -3.69. The van der Waals surface area contributed by atoms with E-state index in [4.69, 9.17) is 23.4 Å². The normalized spacial score (nSPS) is 16.6. The molecule has 1 fully saturated rings. The zero-order valence-electron chi connectivity index (χ0n) is 49.7. The molecule has 3 heterocycles. The Morgan fingerprint density at radius 1 is 0.500 bits per heavy atom. The fourth-order valence-electron chi connectivity index (χ4n) is 5.95. The van der Waals surface area contributed by atoms with Crippen LogP contribution in [-0.2, 0) is 60.9 Å². The lowest BCUT2D eigenvalue weighted by molar-refractivity contribution is -0.197. The van der Waals surface area contributed by atoms with Crippen molar-refractivity contribution in [2.24, 2.45) is 11.1 Å². The lowest BCUT2D eigenvalue weighted by Gasteiger charge is -2.43. The lowest BCUT2D eigenvalue weighted by atomic mass is 9.81. The first-order valence-electron chi connectivity index (χ1n) is 26.2. The van der Waals surface area contributed by atoms with E-state index in [2.05, 4.69) is 154 Å². The van der Waals surface area contributed by atoms with Gasteiger partial charge in [-0.1, -0.05) is 96.9 Å². The van der Waals surface area contributed by atoms with Crippen LogP contribution in [0.1, 0.15) is 142 Å². The minimum absolute atomic E-state index is 0.0130. The highest BCUT2D eigenvalue weighted by Crippen LogP contribution is 2.43. The van der Waals surface area contributed by atoms with Crippen LogP contribution in [0.2, 0.25) is 72.5 Å². The number of hydrogen-bond donors (Lipinski definition) is 1. The van der Waals surface area contributed by atoms with Crippen LogP contribution >= 0.6 is 0 Å². The van der Waals surface area contributed by atoms with E-state index in [-0.39, 0.29) is 82.1 Å². The van der Waals surface area contributed by atoms with Gasteiger partial charge in [0.15, 0.2) is 33.3 Å². The summed E-state index contributed by atoms with van der Waals surface area (Å²) in [7, 11) is -7.56. The molecule has 21 heteroatoms. The van der Waals surface area contributed by atoms with Crippen molar-refractivity contribution in [3.05, 3.63) is 24.3 Å². The Labute approximate surface area is 449 Å². The number of hydroxylamine groups is 2. The maximum Gasteiger partial charge on any atom is 0.335 e. The number of Topliss-reactive ketones (excluding diaryl/α,β-unsaturated/α-hetero) is 1. The first-order chi connectivity index (χ1) is 33.2. The number of ketones is 1. The van der Waals surface area contributed by atoms with Gasteiger partial charge in [0.05, 0.1) is 25.2 Å². The second-order valence-electron chi connectivity index (χ2n) is 26.3. The number of rotatable bonds is 23. The third-order valence-electron chi connectivity index (χ3n) is 16.3. The molecule has 0 radical (unpaired) electrons. The van der Waals surface area contributed by atoms with Crippen molar-refractivity contribution in [2.75, 3.05) is 39.5 Å². The monoisotopic (exact) mass is 1110 g/mol. The summed E-state index contributed by atoms with van der Waals surface area (Å²) in [5, 5.41) is 0.985. The Morgan fingerprint density at radius 3 is 1.08 bits per heavy atom. The van der Waals surface area contributed by atoms with Crippen molar-refractivity contribution < 1.29 is 60.9 Å². The summed E-state index contributed by atoms with van der Waals surface area (Å²) in [5.41, 5.74) is 5.78. The molecule has 6 amide bonds. The molecule has 0 atom stereocenters. The van der Waals surface area contributed by atoms with Crippen LogP contribution in [0.4, 0.5) is 0 Å². The van der Waals surface area contributed by atoms with Gasteiger partial charge in [0.25, 0.3) is 35.4 Å². The van der Waals surface area contributed by atoms with Crippen molar-refractivity contribution in [3.63, 3.8) is 0 Å². The van der Waals surface area contributed by atoms with Crippen LogP contribution in [0, 0.1) is 5.41 Å². The Hall–Kier alpha value is -3.29. The number of imide groups is 3. The number of carbonyl (C=O) groups excluding carboxylic acids is 8. The average molecular weight is 1110 g/mol. The number of amides is 6. The second-order valence-corrected chi connectivity index (χ2v) is 45.6. The summed E-state index contributed by atoms with van der Waals surface area (Å²) >= 11 is 0. The van der Waals surface area contributed by atoms with E-state index in [1.54, 1.807) is 0 Å². The summed E-state index contributed by atoms with van der Waals surface area (Å²) in [6, 6.07) is 0. The molecule has 0 aromatic carbocycles. The first kappa shape index (κ1) is 68.7. The van der Waals surface area contributed by atoms with Gasteiger partial charge in [0.1, 0.15) is 5.78 Å². The minimum Gasteiger partial charge on any atom is -0.416 e. The van der Waals surface area contributed by atoms with Crippen molar-refractivity contribution in [3.8, 4) is 0 Å². The third-order valence-corrected chi connectivity index (χ3v) is 34.2. The fraction of sp³-hybridized carbons (Fsp3) is 0.774. The molecular formula is C53H98N4O13Si4. The van der Waals surface area contributed by atoms with Gasteiger partial charge in [-0.2, -0.15) is 0 Å². The summed E-state index contributed by atoms with van der Waals surface area (Å²) in [6.07, 6.45) is 6.54. The predicted octanol–water partition coefficient (Wildman–Crippen LogP) is 9.75. The Bertz CT molecular complexity index is 1960. The first-order valence-corrected chi connectivity index (χ1v) is 37.9. The van der Waals surface area contributed by atoms with Crippen molar-refractivity contribution >= 4 is 80.5 Å². The molecule has 2 N–H and O–H groups in total. The molecule has 3 aliphatic heterocycles. The second kappa shape index (κ2) is 26.4. The standard InChI is InChI=1S/C25H47NO5Si2.C17H41NO2Si2.C11H10N2O6/c1-12-25(18-30-32(8,9)23(2,3)4,19-31-33(10,11)24(5,6)7)17-20(27)15-16-26-21(28)13-14-22(26)29;1-12-17(18,13-19-21(8,9)15(2,3)4)14-20-22(10,11)16(5,6)7;14-7-1-2-8(15)12(7)6-5-11(18)19-13-9(16)3-4-10(13)17/h13-14H,12,15-19H2,1-11H3;12-14,18H2,1-11H3;1-2H,3-6H2. The number of carbonyl (C=O) groups is 8. The number of hydrogen-bond acceptors (Lipinski definition) is 14.